The third-order valence-electron chi connectivity index (χ3n) is 1.00. The van der Waals surface area contributed by atoms with Gasteiger partial charge < -0.3 is 0 Å². The number of rotatable bonds is 0. The standard InChI is InChI=1S/C4H7FIN/c1-7-2-4(5,6)3-7/h2-3H2,1H3. The summed E-state index contributed by atoms with van der Waals surface area (Å²) < 4.78 is 11.5. The van der Waals surface area contributed by atoms with Crippen molar-refractivity contribution in [3.63, 3.8) is 0 Å². The van der Waals surface area contributed by atoms with Crippen molar-refractivity contribution in [2.45, 2.75) is 3.68 Å². The van der Waals surface area contributed by atoms with Gasteiger partial charge in [-0.25, -0.2) is 4.39 Å². The van der Waals surface area contributed by atoms with Crippen molar-refractivity contribution in [3.8, 4) is 0 Å². The fourth-order valence-electron chi connectivity index (χ4n) is 0.743. The van der Waals surface area contributed by atoms with Crippen LogP contribution in [0.25, 0.3) is 0 Å². The van der Waals surface area contributed by atoms with Crippen LogP contribution < -0.4 is 0 Å². The van der Waals surface area contributed by atoms with Crippen LogP contribution in [-0.4, -0.2) is 28.7 Å². The number of halogens is 2. The second kappa shape index (κ2) is 1.55. The van der Waals surface area contributed by atoms with Gasteiger partial charge in [-0.05, 0) is 29.6 Å². The van der Waals surface area contributed by atoms with E-state index in [4.69, 9.17) is 0 Å². The van der Waals surface area contributed by atoms with Crippen LogP contribution in [0.5, 0.6) is 0 Å². The molecule has 0 radical (unpaired) electrons. The predicted octanol–water partition coefficient (Wildman–Crippen LogP) is 1.03. The van der Waals surface area contributed by atoms with Crippen LogP contribution in [0.4, 0.5) is 4.39 Å². The monoisotopic (exact) mass is 215 g/mol. The molecule has 1 nitrogen and oxygen atoms in total. The molecule has 1 aliphatic heterocycles. The van der Waals surface area contributed by atoms with E-state index >= 15 is 0 Å². The van der Waals surface area contributed by atoms with Crippen molar-refractivity contribution in [2.75, 3.05) is 20.1 Å². The SMILES string of the molecule is CN1CC(F)(I)C1. The van der Waals surface area contributed by atoms with E-state index in [9.17, 15) is 4.39 Å². The van der Waals surface area contributed by atoms with E-state index in [-0.39, 0.29) is 0 Å². The number of nitrogens with zero attached hydrogens (tertiary/aromatic N) is 1. The smallest absolute Gasteiger partial charge is 0.186 e. The molecule has 1 saturated heterocycles. The van der Waals surface area contributed by atoms with Gasteiger partial charge in [0.15, 0.2) is 3.68 Å². The lowest BCUT2D eigenvalue weighted by Crippen LogP contribution is -2.52. The molecule has 0 amide bonds. The summed E-state index contributed by atoms with van der Waals surface area (Å²) in [6.45, 7) is 1.18. The number of alkyl halides is 2. The van der Waals surface area contributed by atoms with E-state index in [1.807, 2.05) is 34.5 Å². The average Bonchev–Trinajstić information content (AvgIpc) is 1.27. The van der Waals surface area contributed by atoms with E-state index in [1.54, 1.807) is 0 Å². The number of hydrogen-bond donors (Lipinski definition) is 0. The summed E-state index contributed by atoms with van der Waals surface area (Å²) in [4.78, 5) is 1.95. The molecule has 0 aromatic heterocycles. The van der Waals surface area contributed by atoms with Gasteiger partial charge in [0.1, 0.15) is 0 Å². The van der Waals surface area contributed by atoms with Crippen LogP contribution in [0.3, 0.4) is 0 Å². The lowest BCUT2D eigenvalue weighted by Gasteiger charge is -2.37. The molecule has 3 heteroatoms. The van der Waals surface area contributed by atoms with Gasteiger partial charge in [-0.1, -0.05) is 0 Å². The van der Waals surface area contributed by atoms with Gasteiger partial charge in [-0.2, -0.15) is 0 Å². The van der Waals surface area contributed by atoms with E-state index in [0.29, 0.717) is 13.1 Å². The summed E-state index contributed by atoms with van der Waals surface area (Å²) >= 11 is 1.83. The minimum Gasteiger partial charge on any atom is -0.298 e. The highest BCUT2D eigenvalue weighted by molar-refractivity contribution is 14.1. The molecular formula is C4H7FIN. The molecular weight excluding hydrogens is 208 g/mol. The Morgan fingerprint density at radius 3 is 2.14 bits per heavy atom. The van der Waals surface area contributed by atoms with E-state index < -0.39 is 3.68 Å². The minimum atomic E-state index is -0.910. The zero-order valence-corrected chi connectivity index (χ0v) is 6.27. The Labute approximate surface area is 56.0 Å². The van der Waals surface area contributed by atoms with Gasteiger partial charge in [0.2, 0.25) is 0 Å². The van der Waals surface area contributed by atoms with Gasteiger partial charge in [0.05, 0.1) is 0 Å². The zero-order chi connectivity index (χ0) is 5.49. The predicted molar refractivity (Wildman–Crippen MR) is 35.4 cm³/mol. The molecule has 0 unspecified atom stereocenters. The molecule has 0 aromatic carbocycles. The Kier molecular flexibility index (Phi) is 1.27. The lowest BCUT2D eigenvalue weighted by atomic mass is 10.2. The topological polar surface area (TPSA) is 3.24 Å². The Morgan fingerprint density at radius 2 is 2.14 bits per heavy atom. The van der Waals surface area contributed by atoms with Gasteiger partial charge in [-0.15, -0.1) is 0 Å². The van der Waals surface area contributed by atoms with E-state index in [1.165, 1.54) is 0 Å². The number of hydrogen-bond acceptors (Lipinski definition) is 1. The van der Waals surface area contributed by atoms with Crippen LogP contribution in [0.15, 0.2) is 0 Å². The Bertz CT molecular complexity index is 75.8. The second-order valence-corrected chi connectivity index (χ2v) is 3.96. The van der Waals surface area contributed by atoms with Gasteiger partial charge in [-0.3, -0.25) is 4.90 Å². The summed E-state index contributed by atoms with van der Waals surface area (Å²) in [7, 11) is 1.91. The fraction of sp³-hybridized carbons (Fsp3) is 1.00. The van der Waals surface area contributed by atoms with Crippen LogP contribution in [0, 0.1) is 0 Å². The Hall–Kier alpha value is 0.620. The summed E-state index contributed by atoms with van der Waals surface area (Å²) in [6.07, 6.45) is 0. The first-order valence-electron chi connectivity index (χ1n) is 2.16. The fourth-order valence-corrected chi connectivity index (χ4v) is 1.91. The molecule has 0 atom stereocenters. The molecule has 0 spiro atoms. The highest BCUT2D eigenvalue weighted by Crippen LogP contribution is 2.30. The van der Waals surface area contributed by atoms with Crippen molar-refractivity contribution in [1.82, 2.24) is 4.90 Å². The van der Waals surface area contributed by atoms with Crippen molar-refractivity contribution in [1.29, 1.82) is 0 Å². The van der Waals surface area contributed by atoms with Crippen molar-refractivity contribution in [3.05, 3.63) is 0 Å². The minimum absolute atomic E-state index is 0.591. The maximum Gasteiger partial charge on any atom is 0.186 e. The maximum atomic E-state index is 12.4. The van der Waals surface area contributed by atoms with Crippen LogP contribution in [0.1, 0.15) is 0 Å². The molecule has 1 aliphatic rings. The first-order valence-corrected chi connectivity index (χ1v) is 3.24. The molecule has 0 bridgehead atoms. The van der Waals surface area contributed by atoms with Crippen molar-refractivity contribution in [2.24, 2.45) is 0 Å². The Morgan fingerprint density at radius 1 is 1.71 bits per heavy atom. The Balaban J connectivity index is 2.29. The molecule has 1 heterocycles. The molecule has 42 valence electrons. The zero-order valence-electron chi connectivity index (χ0n) is 4.12. The van der Waals surface area contributed by atoms with E-state index in [0.717, 1.165) is 0 Å². The summed E-state index contributed by atoms with van der Waals surface area (Å²) in [6, 6.07) is 0. The third kappa shape index (κ3) is 1.25. The molecule has 1 fully saturated rings. The second-order valence-electron chi connectivity index (χ2n) is 2.03. The first-order chi connectivity index (χ1) is 3.10. The highest BCUT2D eigenvalue weighted by Gasteiger charge is 2.38. The van der Waals surface area contributed by atoms with Crippen LogP contribution >= 0.6 is 22.6 Å². The normalized spacial score (nSPS) is 29.6. The van der Waals surface area contributed by atoms with Crippen LogP contribution in [0.2, 0.25) is 0 Å². The molecule has 0 aromatic rings. The molecule has 0 N–H and O–H groups in total. The van der Waals surface area contributed by atoms with Crippen molar-refractivity contribution < 1.29 is 4.39 Å². The third-order valence-corrected chi connectivity index (χ3v) is 1.68. The molecule has 1 rings (SSSR count). The van der Waals surface area contributed by atoms with Gasteiger partial charge in [0, 0.05) is 13.1 Å². The lowest BCUT2D eigenvalue weighted by molar-refractivity contribution is 0.0769. The highest BCUT2D eigenvalue weighted by atomic mass is 127. The quantitative estimate of drug-likeness (QED) is 0.431. The number of likely N-dealkylation sites (tertiary alicyclic amines) is 1. The largest absolute Gasteiger partial charge is 0.298 e. The first kappa shape index (κ1) is 5.75. The van der Waals surface area contributed by atoms with E-state index in [2.05, 4.69) is 0 Å². The molecule has 0 aliphatic carbocycles. The van der Waals surface area contributed by atoms with Gasteiger partial charge >= 0.3 is 0 Å². The summed E-state index contributed by atoms with van der Waals surface area (Å²) in [5, 5.41) is 0. The van der Waals surface area contributed by atoms with Crippen molar-refractivity contribution >= 4 is 22.6 Å². The molecule has 0 saturated carbocycles. The summed E-state index contributed by atoms with van der Waals surface area (Å²) in [5.41, 5.74) is 0. The van der Waals surface area contributed by atoms with Crippen LogP contribution in [-0.2, 0) is 0 Å². The maximum absolute atomic E-state index is 12.4. The average molecular weight is 215 g/mol. The molecule has 7 heavy (non-hydrogen) atoms. The van der Waals surface area contributed by atoms with Gasteiger partial charge in [0.25, 0.3) is 0 Å². The summed E-state index contributed by atoms with van der Waals surface area (Å²) in [5.74, 6) is 0.